The average molecular weight is 414 g/mol. The molecule has 152 valence electrons. The summed E-state index contributed by atoms with van der Waals surface area (Å²) in [6.45, 7) is 5.60. The Hall–Kier alpha value is -2.85. The zero-order valence-corrected chi connectivity index (χ0v) is 17.0. The molecule has 10 heteroatoms. The van der Waals surface area contributed by atoms with Gasteiger partial charge in [-0.05, 0) is 23.9 Å². The van der Waals surface area contributed by atoms with Crippen LogP contribution in [-0.4, -0.2) is 61.8 Å². The Kier molecular flexibility index (Phi) is 5.81. The first-order valence-electron chi connectivity index (χ1n) is 9.59. The van der Waals surface area contributed by atoms with Gasteiger partial charge in [0, 0.05) is 49.7 Å². The Morgan fingerprint density at radius 3 is 2.76 bits per heavy atom. The van der Waals surface area contributed by atoms with Crippen molar-refractivity contribution in [1.29, 1.82) is 0 Å². The second kappa shape index (κ2) is 8.66. The van der Waals surface area contributed by atoms with Gasteiger partial charge in [-0.1, -0.05) is 12.1 Å². The molecule has 1 saturated heterocycles. The van der Waals surface area contributed by atoms with Crippen LogP contribution in [0.4, 0.5) is 0 Å². The van der Waals surface area contributed by atoms with Crippen LogP contribution >= 0.6 is 11.3 Å². The number of rotatable bonds is 6. The number of aromatic nitrogens is 4. The molecular formula is C19H22N6O3S. The Labute approximate surface area is 171 Å². The largest absolute Gasteiger partial charge is 0.338 e. The van der Waals surface area contributed by atoms with Crippen molar-refractivity contribution < 1.29 is 9.32 Å². The van der Waals surface area contributed by atoms with Gasteiger partial charge in [-0.3, -0.25) is 14.5 Å². The van der Waals surface area contributed by atoms with Gasteiger partial charge in [0.1, 0.15) is 5.69 Å². The van der Waals surface area contributed by atoms with Gasteiger partial charge in [0.2, 0.25) is 11.7 Å². The van der Waals surface area contributed by atoms with Gasteiger partial charge >= 0.3 is 0 Å². The number of piperazine rings is 1. The van der Waals surface area contributed by atoms with Gasteiger partial charge in [-0.15, -0.1) is 0 Å². The smallest absolute Gasteiger partial charge is 0.274 e. The molecule has 3 aromatic heterocycles. The highest BCUT2D eigenvalue weighted by molar-refractivity contribution is 7.08. The van der Waals surface area contributed by atoms with Crippen LogP contribution in [0.1, 0.15) is 29.7 Å². The van der Waals surface area contributed by atoms with Gasteiger partial charge < -0.3 is 9.42 Å². The fraction of sp³-hybridized carbons (Fsp3) is 0.421. The minimum Gasteiger partial charge on any atom is -0.338 e. The van der Waals surface area contributed by atoms with E-state index >= 15 is 0 Å². The Bertz CT molecular complexity index is 1020. The lowest BCUT2D eigenvalue weighted by Gasteiger charge is -2.33. The van der Waals surface area contributed by atoms with Crippen LogP contribution in [0.2, 0.25) is 0 Å². The molecule has 1 fully saturated rings. The molecule has 9 nitrogen and oxygen atoms in total. The van der Waals surface area contributed by atoms with Gasteiger partial charge in [0.25, 0.3) is 11.5 Å². The zero-order chi connectivity index (χ0) is 20.2. The van der Waals surface area contributed by atoms with Crippen molar-refractivity contribution in [3.05, 3.63) is 50.9 Å². The van der Waals surface area contributed by atoms with Gasteiger partial charge in [-0.25, -0.2) is 4.68 Å². The standard InChI is InChI=1S/C19H22N6O3S/c1-2-6-25-17(26)4-3-15(21-25)19(27)24-9-7-23(8-10-24)12-16-20-18(22-28-16)14-5-11-29-13-14/h3-5,11,13H,2,6-10,12H2,1H3. The van der Waals surface area contributed by atoms with Crippen molar-refractivity contribution in [2.75, 3.05) is 26.2 Å². The highest BCUT2D eigenvalue weighted by atomic mass is 32.1. The molecule has 0 atom stereocenters. The van der Waals surface area contributed by atoms with E-state index in [1.807, 2.05) is 23.8 Å². The highest BCUT2D eigenvalue weighted by Crippen LogP contribution is 2.19. The van der Waals surface area contributed by atoms with E-state index in [2.05, 4.69) is 20.1 Å². The lowest BCUT2D eigenvalue weighted by Crippen LogP contribution is -2.48. The van der Waals surface area contributed by atoms with E-state index in [-0.39, 0.29) is 11.5 Å². The molecule has 1 amide bonds. The first-order chi connectivity index (χ1) is 14.1. The van der Waals surface area contributed by atoms with Crippen LogP contribution in [0.15, 0.2) is 38.3 Å². The van der Waals surface area contributed by atoms with E-state index in [0.717, 1.165) is 12.0 Å². The number of carbonyl (C=O) groups excluding carboxylic acids is 1. The minimum atomic E-state index is -0.186. The zero-order valence-electron chi connectivity index (χ0n) is 16.2. The van der Waals surface area contributed by atoms with E-state index in [0.29, 0.717) is 56.7 Å². The molecular weight excluding hydrogens is 392 g/mol. The van der Waals surface area contributed by atoms with E-state index in [1.165, 1.54) is 16.8 Å². The van der Waals surface area contributed by atoms with E-state index in [4.69, 9.17) is 4.52 Å². The predicted octanol–water partition coefficient (Wildman–Crippen LogP) is 1.72. The highest BCUT2D eigenvalue weighted by Gasteiger charge is 2.24. The van der Waals surface area contributed by atoms with Crippen molar-refractivity contribution in [3.63, 3.8) is 0 Å². The Morgan fingerprint density at radius 1 is 1.21 bits per heavy atom. The first kappa shape index (κ1) is 19.5. The fourth-order valence-electron chi connectivity index (χ4n) is 3.23. The second-order valence-corrected chi connectivity index (χ2v) is 7.65. The molecule has 3 aromatic rings. The van der Waals surface area contributed by atoms with E-state index in [9.17, 15) is 9.59 Å². The van der Waals surface area contributed by atoms with Crippen molar-refractivity contribution in [2.45, 2.75) is 26.4 Å². The number of carbonyl (C=O) groups is 1. The molecule has 0 unspecified atom stereocenters. The Morgan fingerprint density at radius 2 is 2.03 bits per heavy atom. The number of hydrogen-bond donors (Lipinski definition) is 0. The quantitative estimate of drug-likeness (QED) is 0.606. The molecule has 0 N–H and O–H groups in total. The molecule has 4 heterocycles. The van der Waals surface area contributed by atoms with E-state index in [1.54, 1.807) is 16.2 Å². The van der Waals surface area contributed by atoms with Crippen LogP contribution in [-0.2, 0) is 13.1 Å². The normalized spacial score (nSPS) is 15.0. The molecule has 0 aromatic carbocycles. The molecule has 4 rings (SSSR count). The molecule has 1 aliphatic rings. The molecule has 0 aliphatic carbocycles. The number of aryl methyl sites for hydroxylation is 1. The van der Waals surface area contributed by atoms with Crippen LogP contribution < -0.4 is 5.56 Å². The van der Waals surface area contributed by atoms with Crippen molar-refractivity contribution >= 4 is 17.2 Å². The predicted molar refractivity (Wildman–Crippen MR) is 108 cm³/mol. The SMILES string of the molecule is CCCn1nc(C(=O)N2CCN(Cc3nc(-c4ccsc4)no3)CC2)ccc1=O. The molecule has 0 saturated carbocycles. The average Bonchev–Trinajstić information content (AvgIpc) is 3.42. The summed E-state index contributed by atoms with van der Waals surface area (Å²) < 4.78 is 6.71. The lowest BCUT2D eigenvalue weighted by atomic mass is 10.2. The van der Waals surface area contributed by atoms with Crippen LogP contribution in [0.5, 0.6) is 0 Å². The third-order valence-electron chi connectivity index (χ3n) is 4.79. The summed E-state index contributed by atoms with van der Waals surface area (Å²) in [5, 5.41) is 12.2. The van der Waals surface area contributed by atoms with Crippen molar-refractivity contribution in [3.8, 4) is 11.4 Å². The van der Waals surface area contributed by atoms with Gasteiger partial charge in [0.15, 0.2) is 0 Å². The van der Waals surface area contributed by atoms with Gasteiger partial charge in [0.05, 0.1) is 6.54 Å². The third kappa shape index (κ3) is 4.43. The molecule has 29 heavy (non-hydrogen) atoms. The van der Waals surface area contributed by atoms with E-state index < -0.39 is 0 Å². The molecule has 1 aliphatic heterocycles. The number of amides is 1. The van der Waals surface area contributed by atoms with Crippen molar-refractivity contribution in [2.24, 2.45) is 0 Å². The van der Waals surface area contributed by atoms with Crippen molar-refractivity contribution in [1.82, 2.24) is 29.7 Å². The summed E-state index contributed by atoms with van der Waals surface area (Å²) in [5.41, 5.74) is 1.08. The Balaban J connectivity index is 1.34. The fourth-order valence-corrected chi connectivity index (χ4v) is 3.86. The topological polar surface area (TPSA) is 97.4 Å². The summed E-state index contributed by atoms with van der Waals surface area (Å²) >= 11 is 1.59. The maximum atomic E-state index is 12.8. The molecule has 0 radical (unpaired) electrons. The monoisotopic (exact) mass is 414 g/mol. The lowest BCUT2D eigenvalue weighted by molar-refractivity contribution is 0.0606. The number of hydrogen-bond acceptors (Lipinski definition) is 8. The van der Waals surface area contributed by atoms with Crippen LogP contribution in [0.3, 0.4) is 0 Å². The summed E-state index contributed by atoms with van der Waals surface area (Å²) in [6, 6.07) is 4.88. The molecule has 0 bridgehead atoms. The summed E-state index contributed by atoms with van der Waals surface area (Å²) in [6.07, 6.45) is 0.785. The maximum Gasteiger partial charge on any atom is 0.274 e. The minimum absolute atomic E-state index is 0.146. The number of thiophene rings is 1. The maximum absolute atomic E-state index is 12.8. The molecule has 0 spiro atoms. The summed E-state index contributed by atoms with van der Waals surface area (Å²) in [4.78, 5) is 33.0. The number of nitrogens with zero attached hydrogens (tertiary/aromatic N) is 6. The second-order valence-electron chi connectivity index (χ2n) is 6.87. The first-order valence-corrected chi connectivity index (χ1v) is 10.5. The summed E-state index contributed by atoms with van der Waals surface area (Å²) in [7, 11) is 0. The van der Waals surface area contributed by atoms with Crippen LogP contribution in [0.25, 0.3) is 11.4 Å². The van der Waals surface area contributed by atoms with Gasteiger partial charge in [-0.2, -0.15) is 21.4 Å². The third-order valence-corrected chi connectivity index (χ3v) is 5.47. The summed E-state index contributed by atoms with van der Waals surface area (Å²) in [5.74, 6) is 1.02. The van der Waals surface area contributed by atoms with Crippen LogP contribution in [0, 0.1) is 0 Å².